The fraction of sp³-hybridized carbons (Fsp3) is 0.375. The third-order valence-electron chi connectivity index (χ3n) is 7.07. The van der Waals surface area contributed by atoms with Crippen LogP contribution in [0.3, 0.4) is 0 Å². The fourth-order valence-corrected chi connectivity index (χ4v) is 6.13. The first kappa shape index (κ1) is 31.9. The highest BCUT2D eigenvalue weighted by Gasteiger charge is 2.37. The average molecular weight is 606 g/mol. The third-order valence-corrected chi connectivity index (χ3v) is 8.24. The highest BCUT2D eigenvalue weighted by atomic mass is 32.1. The number of rotatable bonds is 12. The number of amidine groups is 1. The minimum Gasteiger partial charge on any atom is -0.459 e. The van der Waals surface area contributed by atoms with Crippen LogP contribution in [0, 0.1) is 0 Å². The van der Waals surface area contributed by atoms with Gasteiger partial charge < -0.3 is 26.3 Å². The molecule has 0 aliphatic carbocycles. The number of nitrogens with zero attached hydrogens (tertiary/aromatic N) is 1. The summed E-state index contributed by atoms with van der Waals surface area (Å²) in [6.45, 7) is 5.83. The summed E-state index contributed by atoms with van der Waals surface area (Å²) in [5, 5.41) is 21.6. The highest BCUT2D eigenvalue weighted by Crippen LogP contribution is 2.31. The monoisotopic (exact) mass is 605 g/mol. The molecule has 3 aromatic rings. The van der Waals surface area contributed by atoms with Crippen molar-refractivity contribution in [3.8, 4) is 0 Å². The molecule has 6 N–H and O–H groups in total. The number of nitrogens with two attached hydrogens (primary N) is 1. The molecule has 1 aliphatic rings. The average Bonchev–Trinajstić information content (AvgIpc) is 3.70. The number of oxime groups is 1. The van der Waals surface area contributed by atoms with Crippen LogP contribution in [0.25, 0.3) is 0 Å². The molecule has 3 atom stereocenters. The van der Waals surface area contributed by atoms with Crippen LogP contribution in [0.2, 0.25) is 0 Å². The van der Waals surface area contributed by atoms with E-state index in [0.29, 0.717) is 22.7 Å². The normalized spacial score (nSPS) is 16.9. The summed E-state index contributed by atoms with van der Waals surface area (Å²) in [5.41, 5.74) is 6.83. The number of nitrogens with one attached hydrogen (secondary N) is 3. The Morgan fingerprint density at radius 1 is 1.05 bits per heavy atom. The standard InChI is InChI=1S/C32H39N5O5S/c1-32(2,3)42-25(38)19-35-28(26(20-11-6-4-7-12-20)21-13-8-5-9-14-21)31(40)36-27(29(39)22-15-10-18-34-22)23-16-17-24(43-23)30(33)37-41/h4-9,11-14,16-17,22,26-28,34-35,41H,10,15,18-19H2,1-3H3,(H2,33,37)(H,36,40)/t22-,27?,28+/m0/s1. The van der Waals surface area contributed by atoms with E-state index in [-0.39, 0.29) is 18.2 Å². The summed E-state index contributed by atoms with van der Waals surface area (Å²) >= 11 is 1.17. The lowest BCUT2D eigenvalue weighted by Crippen LogP contribution is -2.53. The van der Waals surface area contributed by atoms with Crippen LogP contribution in [0.15, 0.2) is 78.0 Å². The van der Waals surface area contributed by atoms with Crippen molar-refractivity contribution in [3.05, 3.63) is 93.7 Å². The second-order valence-electron chi connectivity index (χ2n) is 11.4. The van der Waals surface area contributed by atoms with Gasteiger partial charge in [-0.15, -0.1) is 11.3 Å². The maximum atomic E-state index is 14.3. The van der Waals surface area contributed by atoms with Crippen molar-refractivity contribution in [3.63, 3.8) is 0 Å². The predicted molar refractivity (Wildman–Crippen MR) is 166 cm³/mol. The zero-order chi connectivity index (χ0) is 31.0. The van der Waals surface area contributed by atoms with Crippen LogP contribution in [-0.4, -0.2) is 59.5 Å². The minimum atomic E-state index is -0.994. The largest absolute Gasteiger partial charge is 0.459 e. The van der Waals surface area contributed by atoms with Gasteiger partial charge in [0.25, 0.3) is 0 Å². The summed E-state index contributed by atoms with van der Waals surface area (Å²) in [6, 6.07) is 20.1. The van der Waals surface area contributed by atoms with Crippen LogP contribution < -0.4 is 21.7 Å². The van der Waals surface area contributed by atoms with E-state index in [2.05, 4.69) is 21.1 Å². The van der Waals surface area contributed by atoms with E-state index in [1.165, 1.54) is 11.3 Å². The minimum absolute atomic E-state index is 0.0853. The van der Waals surface area contributed by atoms with Crippen molar-refractivity contribution in [1.82, 2.24) is 16.0 Å². The van der Waals surface area contributed by atoms with Crippen LogP contribution >= 0.6 is 11.3 Å². The van der Waals surface area contributed by atoms with Gasteiger partial charge in [-0.3, -0.25) is 19.7 Å². The first-order valence-electron chi connectivity index (χ1n) is 14.3. The summed E-state index contributed by atoms with van der Waals surface area (Å²) in [4.78, 5) is 42.0. The van der Waals surface area contributed by atoms with Gasteiger partial charge in [0, 0.05) is 10.8 Å². The van der Waals surface area contributed by atoms with E-state index in [1.54, 1.807) is 32.9 Å². The molecule has 0 radical (unpaired) electrons. The molecule has 0 bridgehead atoms. The number of hydrogen-bond acceptors (Lipinski definition) is 9. The predicted octanol–water partition coefficient (Wildman–Crippen LogP) is 3.45. The van der Waals surface area contributed by atoms with Crippen molar-refractivity contribution in [1.29, 1.82) is 0 Å². The summed E-state index contributed by atoms with van der Waals surface area (Å²) < 4.78 is 5.51. The molecule has 1 fully saturated rings. The number of ketones is 1. The number of amides is 1. The van der Waals surface area contributed by atoms with Crippen molar-refractivity contribution in [2.24, 2.45) is 10.9 Å². The SMILES string of the molecule is CC(C)(C)OC(=O)CN[C@@H](C(=O)NC(C(=O)[C@@H]1CCCN1)c1ccc(C(N)=NO)s1)C(c1ccccc1)c1ccccc1. The molecule has 0 spiro atoms. The molecule has 10 nitrogen and oxygen atoms in total. The molecular weight excluding hydrogens is 566 g/mol. The maximum Gasteiger partial charge on any atom is 0.320 e. The molecule has 2 aromatic carbocycles. The Balaban J connectivity index is 1.72. The Kier molecular flexibility index (Phi) is 10.7. The van der Waals surface area contributed by atoms with E-state index in [9.17, 15) is 14.4 Å². The van der Waals surface area contributed by atoms with Crippen LogP contribution in [0.4, 0.5) is 0 Å². The lowest BCUT2D eigenvalue weighted by atomic mass is 9.84. The first-order chi connectivity index (χ1) is 20.6. The molecule has 43 heavy (non-hydrogen) atoms. The van der Waals surface area contributed by atoms with Gasteiger partial charge in [0.05, 0.1) is 23.5 Å². The summed E-state index contributed by atoms with van der Waals surface area (Å²) in [5.74, 6) is -1.73. The van der Waals surface area contributed by atoms with E-state index in [0.717, 1.165) is 17.5 Å². The Morgan fingerprint density at radius 2 is 1.67 bits per heavy atom. The molecule has 1 saturated heterocycles. The molecule has 1 aromatic heterocycles. The second-order valence-corrected chi connectivity index (χ2v) is 12.5. The van der Waals surface area contributed by atoms with Gasteiger partial charge in [-0.2, -0.15) is 0 Å². The van der Waals surface area contributed by atoms with Gasteiger partial charge in [0.1, 0.15) is 11.6 Å². The van der Waals surface area contributed by atoms with Gasteiger partial charge in [0.2, 0.25) is 5.91 Å². The number of ether oxygens (including phenoxy) is 1. The fourth-order valence-electron chi connectivity index (χ4n) is 5.17. The molecule has 4 rings (SSSR count). The van der Waals surface area contributed by atoms with Gasteiger partial charge in [0.15, 0.2) is 11.6 Å². The Labute approximate surface area is 255 Å². The molecule has 1 amide bonds. The van der Waals surface area contributed by atoms with Gasteiger partial charge >= 0.3 is 5.97 Å². The third kappa shape index (κ3) is 8.50. The number of esters is 1. The molecule has 2 heterocycles. The number of carbonyl (C=O) groups excluding carboxylic acids is 3. The molecule has 0 saturated carbocycles. The summed E-state index contributed by atoms with van der Waals surface area (Å²) in [7, 11) is 0. The lowest BCUT2D eigenvalue weighted by Gasteiger charge is -2.30. The molecule has 1 unspecified atom stereocenters. The molecular formula is C32H39N5O5S. The van der Waals surface area contributed by atoms with Crippen molar-refractivity contribution in [2.45, 2.75) is 63.3 Å². The Hall–Kier alpha value is -4.06. The molecule has 1 aliphatic heterocycles. The number of thiophene rings is 1. The van der Waals surface area contributed by atoms with Crippen molar-refractivity contribution < 1.29 is 24.3 Å². The smallest absolute Gasteiger partial charge is 0.320 e. The molecule has 11 heteroatoms. The summed E-state index contributed by atoms with van der Waals surface area (Å²) in [6.07, 6.45) is 1.50. The topological polar surface area (TPSA) is 155 Å². The second kappa shape index (κ2) is 14.4. The van der Waals surface area contributed by atoms with Gasteiger partial charge in [-0.1, -0.05) is 65.8 Å². The number of carbonyl (C=O) groups is 3. The Morgan fingerprint density at radius 3 is 2.21 bits per heavy atom. The van der Waals surface area contributed by atoms with E-state index < -0.39 is 41.5 Å². The van der Waals surface area contributed by atoms with E-state index >= 15 is 0 Å². The number of Topliss-reactive ketones (excluding diaryl/α,β-unsaturated/α-hetero) is 1. The van der Waals surface area contributed by atoms with Crippen LogP contribution in [-0.2, 0) is 19.1 Å². The van der Waals surface area contributed by atoms with Gasteiger partial charge in [-0.25, -0.2) is 0 Å². The number of hydrogen-bond donors (Lipinski definition) is 5. The van der Waals surface area contributed by atoms with Crippen LogP contribution in [0.1, 0.15) is 66.5 Å². The Bertz CT molecular complexity index is 1380. The van der Waals surface area contributed by atoms with Crippen molar-refractivity contribution in [2.75, 3.05) is 13.1 Å². The van der Waals surface area contributed by atoms with E-state index in [1.807, 2.05) is 60.7 Å². The zero-order valence-corrected chi connectivity index (χ0v) is 25.4. The molecule has 228 valence electrons. The highest BCUT2D eigenvalue weighted by molar-refractivity contribution is 7.14. The maximum absolute atomic E-state index is 14.3. The van der Waals surface area contributed by atoms with Crippen molar-refractivity contribution >= 4 is 34.8 Å². The lowest BCUT2D eigenvalue weighted by molar-refractivity contribution is -0.153. The quantitative estimate of drug-likeness (QED) is 0.0691. The van der Waals surface area contributed by atoms with Crippen LogP contribution in [0.5, 0.6) is 0 Å². The van der Waals surface area contributed by atoms with Gasteiger partial charge in [-0.05, 0) is 63.4 Å². The number of benzene rings is 2. The zero-order valence-electron chi connectivity index (χ0n) is 24.6. The first-order valence-corrected chi connectivity index (χ1v) is 15.1. The van der Waals surface area contributed by atoms with E-state index in [4.69, 9.17) is 15.7 Å².